The Bertz CT molecular complexity index is 283. The minimum atomic E-state index is -1.10. The summed E-state index contributed by atoms with van der Waals surface area (Å²) < 4.78 is 2.03. The first-order valence-electron chi connectivity index (χ1n) is 2.79. The van der Waals surface area contributed by atoms with Gasteiger partial charge >= 0.3 is 6.09 Å². The lowest BCUT2D eigenvalue weighted by Crippen LogP contribution is -2.10. The third-order valence-electron chi connectivity index (χ3n) is 1.08. The van der Waals surface area contributed by atoms with E-state index in [-0.39, 0.29) is 0 Å². The monoisotopic (exact) mass is 219 g/mol. The van der Waals surface area contributed by atoms with Crippen LogP contribution in [0, 0.1) is 0 Å². The van der Waals surface area contributed by atoms with Crippen LogP contribution in [0.3, 0.4) is 0 Å². The van der Waals surface area contributed by atoms with Crippen molar-refractivity contribution >= 4 is 27.8 Å². The summed E-state index contributed by atoms with van der Waals surface area (Å²) >= 11 is 3.11. The molecule has 0 radical (unpaired) electrons. The maximum atomic E-state index is 10.2. The Labute approximate surface area is 71.1 Å². The molecule has 0 aliphatic carbocycles. The van der Waals surface area contributed by atoms with Crippen LogP contribution in [0.4, 0.5) is 10.6 Å². The van der Waals surface area contributed by atoms with Crippen molar-refractivity contribution in [3.05, 3.63) is 10.7 Å². The molecule has 1 heterocycles. The Balaban J connectivity index is 2.85. The van der Waals surface area contributed by atoms with E-state index >= 15 is 0 Å². The van der Waals surface area contributed by atoms with Gasteiger partial charge in [-0.05, 0) is 15.9 Å². The van der Waals surface area contributed by atoms with Gasteiger partial charge in [-0.15, -0.1) is 0 Å². The molecule has 0 aliphatic rings. The van der Waals surface area contributed by atoms with Crippen LogP contribution >= 0.6 is 15.9 Å². The molecule has 0 aromatic carbocycles. The second-order valence-electron chi connectivity index (χ2n) is 1.91. The molecule has 60 valence electrons. The zero-order chi connectivity index (χ0) is 8.43. The van der Waals surface area contributed by atoms with Gasteiger partial charge in [0.1, 0.15) is 10.4 Å². The van der Waals surface area contributed by atoms with Crippen LogP contribution in [0.15, 0.2) is 10.7 Å². The third-order valence-corrected chi connectivity index (χ3v) is 1.47. The molecule has 1 aromatic rings. The summed E-state index contributed by atoms with van der Waals surface area (Å²) in [6.07, 6.45) is -1.10. The molecule has 0 saturated heterocycles. The first-order valence-corrected chi connectivity index (χ1v) is 3.58. The van der Waals surface area contributed by atoms with Gasteiger partial charge in [0.2, 0.25) is 0 Å². The molecule has 6 heteroatoms. The van der Waals surface area contributed by atoms with Crippen molar-refractivity contribution in [3.8, 4) is 0 Å². The van der Waals surface area contributed by atoms with Crippen LogP contribution < -0.4 is 5.32 Å². The lowest BCUT2D eigenvalue weighted by Gasteiger charge is -1.97. The maximum Gasteiger partial charge on any atom is 0.410 e. The molecular formula is C5H6BrN3O2. The van der Waals surface area contributed by atoms with Crippen molar-refractivity contribution in [1.29, 1.82) is 0 Å². The van der Waals surface area contributed by atoms with E-state index in [1.165, 1.54) is 4.68 Å². The fourth-order valence-corrected chi connectivity index (χ4v) is 1.11. The van der Waals surface area contributed by atoms with Gasteiger partial charge in [0.05, 0.1) is 0 Å². The van der Waals surface area contributed by atoms with Gasteiger partial charge in [-0.2, -0.15) is 5.10 Å². The molecule has 0 spiro atoms. The van der Waals surface area contributed by atoms with Crippen molar-refractivity contribution in [3.63, 3.8) is 0 Å². The van der Waals surface area contributed by atoms with Gasteiger partial charge in [-0.3, -0.25) is 10.00 Å². The number of halogens is 1. The number of carbonyl (C=O) groups is 1. The first-order chi connectivity index (χ1) is 5.09. The smallest absolute Gasteiger partial charge is 0.410 e. The first kappa shape index (κ1) is 8.06. The van der Waals surface area contributed by atoms with Crippen molar-refractivity contribution in [2.45, 2.75) is 0 Å². The van der Waals surface area contributed by atoms with Crippen molar-refractivity contribution in [2.75, 3.05) is 5.32 Å². The van der Waals surface area contributed by atoms with Crippen LogP contribution in [0.2, 0.25) is 0 Å². The molecule has 5 nitrogen and oxygen atoms in total. The Morgan fingerprint density at radius 3 is 2.91 bits per heavy atom. The van der Waals surface area contributed by atoms with Gasteiger partial charge in [0.15, 0.2) is 0 Å². The van der Waals surface area contributed by atoms with E-state index in [4.69, 9.17) is 5.11 Å². The molecule has 0 bridgehead atoms. The topological polar surface area (TPSA) is 67.2 Å². The van der Waals surface area contributed by atoms with Gasteiger partial charge in [0, 0.05) is 13.1 Å². The highest BCUT2D eigenvalue weighted by atomic mass is 79.9. The van der Waals surface area contributed by atoms with Crippen LogP contribution in [-0.2, 0) is 7.05 Å². The van der Waals surface area contributed by atoms with E-state index in [0.717, 1.165) is 0 Å². The number of amides is 1. The SMILES string of the molecule is Cn1nc(Br)cc1NC(=O)O. The van der Waals surface area contributed by atoms with Gasteiger partial charge in [-0.1, -0.05) is 0 Å². The van der Waals surface area contributed by atoms with E-state index in [1.807, 2.05) is 0 Å². The number of aromatic nitrogens is 2. The minimum absolute atomic E-state index is 0.435. The zero-order valence-electron chi connectivity index (χ0n) is 5.71. The van der Waals surface area contributed by atoms with E-state index < -0.39 is 6.09 Å². The summed E-state index contributed by atoms with van der Waals surface area (Å²) in [5, 5.41) is 14.4. The molecule has 11 heavy (non-hydrogen) atoms. The molecule has 0 fully saturated rings. The summed E-state index contributed by atoms with van der Waals surface area (Å²) in [5.41, 5.74) is 0. The summed E-state index contributed by atoms with van der Waals surface area (Å²) in [5.74, 6) is 0.435. The van der Waals surface area contributed by atoms with E-state index in [1.54, 1.807) is 13.1 Å². The summed E-state index contributed by atoms with van der Waals surface area (Å²) in [4.78, 5) is 10.2. The number of rotatable bonds is 1. The average Bonchev–Trinajstić information content (AvgIpc) is 2.09. The van der Waals surface area contributed by atoms with E-state index in [0.29, 0.717) is 10.4 Å². The molecule has 1 rings (SSSR count). The van der Waals surface area contributed by atoms with Gasteiger partial charge < -0.3 is 5.11 Å². The van der Waals surface area contributed by atoms with Crippen molar-refractivity contribution in [2.24, 2.45) is 7.05 Å². The zero-order valence-corrected chi connectivity index (χ0v) is 7.29. The Hall–Kier alpha value is -1.04. The number of hydrogen-bond acceptors (Lipinski definition) is 2. The van der Waals surface area contributed by atoms with Crippen molar-refractivity contribution in [1.82, 2.24) is 9.78 Å². The van der Waals surface area contributed by atoms with E-state index in [9.17, 15) is 4.79 Å². The van der Waals surface area contributed by atoms with Gasteiger partial charge in [0.25, 0.3) is 0 Å². The maximum absolute atomic E-state index is 10.2. The largest absolute Gasteiger partial charge is 0.465 e. The molecular weight excluding hydrogens is 214 g/mol. The number of carboxylic acid groups (broad SMARTS) is 1. The molecule has 2 N–H and O–H groups in total. The van der Waals surface area contributed by atoms with Crippen molar-refractivity contribution < 1.29 is 9.90 Å². The number of hydrogen-bond donors (Lipinski definition) is 2. The number of nitrogens with one attached hydrogen (secondary N) is 1. The molecule has 0 aliphatic heterocycles. The molecule has 0 atom stereocenters. The molecule has 0 unspecified atom stereocenters. The standard InChI is InChI=1S/C5H6BrN3O2/c1-9-4(7-5(10)11)2-3(6)8-9/h2,7H,1H3,(H,10,11). The lowest BCUT2D eigenvalue weighted by atomic mass is 10.6. The average molecular weight is 220 g/mol. The highest BCUT2D eigenvalue weighted by Gasteiger charge is 2.04. The molecule has 1 aromatic heterocycles. The second-order valence-corrected chi connectivity index (χ2v) is 2.72. The van der Waals surface area contributed by atoms with E-state index in [2.05, 4.69) is 26.3 Å². The highest BCUT2D eigenvalue weighted by molar-refractivity contribution is 9.10. The number of nitrogens with zero attached hydrogens (tertiary/aromatic N) is 2. The normalized spacial score (nSPS) is 9.64. The Morgan fingerprint density at radius 2 is 2.55 bits per heavy atom. The number of anilines is 1. The summed E-state index contributed by atoms with van der Waals surface area (Å²) in [6.45, 7) is 0. The molecule has 0 saturated carbocycles. The predicted molar refractivity (Wildman–Crippen MR) is 42.6 cm³/mol. The van der Waals surface area contributed by atoms with Crippen LogP contribution in [0.5, 0.6) is 0 Å². The Kier molecular flexibility index (Phi) is 2.13. The summed E-state index contributed by atoms with van der Waals surface area (Å²) in [6, 6.07) is 1.58. The lowest BCUT2D eigenvalue weighted by molar-refractivity contribution is 0.209. The van der Waals surface area contributed by atoms with Gasteiger partial charge in [-0.25, -0.2) is 4.79 Å². The molecule has 1 amide bonds. The van der Waals surface area contributed by atoms with Crippen LogP contribution in [0.1, 0.15) is 0 Å². The predicted octanol–water partition coefficient (Wildman–Crippen LogP) is 1.27. The highest BCUT2D eigenvalue weighted by Crippen LogP contribution is 2.13. The fourth-order valence-electron chi connectivity index (χ4n) is 0.659. The third kappa shape index (κ3) is 1.94. The minimum Gasteiger partial charge on any atom is -0.465 e. The summed E-state index contributed by atoms with van der Waals surface area (Å²) in [7, 11) is 1.65. The Morgan fingerprint density at radius 1 is 1.91 bits per heavy atom. The number of aryl methyl sites for hydroxylation is 1. The quantitative estimate of drug-likeness (QED) is 0.748. The van der Waals surface area contributed by atoms with Crippen LogP contribution in [0.25, 0.3) is 0 Å². The fraction of sp³-hybridized carbons (Fsp3) is 0.200. The van der Waals surface area contributed by atoms with Crippen LogP contribution in [-0.4, -0.2) is 21.0 Å². The second kappa shape index (κ2) is 2.91.